The topological polar surface area (TPSA) is 140 Å². The highest BCUT2D eigenvalue weighted by atomic mass is 16.7. The smallest absolute Gasteiger partial charge is 0.229 e. The molecule has 130 valence electrons. The van der Waals surface area contributed by atoms with E-state index in [2.05, 4.69) is 0 Å². The molecule has 3 rings (SSSR count). The van der Waals surface area contributed by atoms with E-state index in [1.165, 1.54) is 0 Å². The molecular formula is C16H18O8. The molecule has 1 aliphatic rings. The van der Waals surface area contributed by atoms with Crippen LogP contribution in [0.1, 0.15) is 0 Å². The molecule has 0 amide bonds. The van der Waals surface area contributed by atoms with E-state index < -0.39 is 43.1 Å². The van der Waals surface area contributed by atoms with Crippen molar-refractivity contribution in [2.24, 2.45) is 0 Å². The Balaban J connectivity index is 1.96. The number of hydrogen-bond acceptors (Lipinski definition) is 8. The lowest BCUT2D eigenvalue weighted by molar-refractivity contribution is -0.277. The van der Waals surface area contributed by atoms with Crippen LogP contribution in [0.3, 0.4) is 0 Å². The highest BCUT2D eigenvalue weighted by Crippen LogP contribution is 2.40. The third kappa shape index (κ3) is 2.74. The molecule has 0 aliphatic carbocycles. The monoisotopic (exact) mass is 338 g/mol. The normalized spacial score (nSPS) is 30.4. The molecule has 1 unspecified atom stereocenters. The third-order valence-corrected chi connectivity index (χ3v) is 4.05. The molecule has 1 saturated heterocycles. The van der Waals surface area contributed by atoms with Crippen molar-refractivity contribution in [3.05, 3.63) is 30.3 Å². The molecule has 8 nitrogen and oxygen atoms in total. The van der Waals surface area contributed by atoms with Crippen LogP contribution >= 0.6 is 0 Å². The van der Waals surface area contributed by atoms with Gasteiger partial charge in [0.1, 0.15) is 30.2 Å². The van der Waals surface area contributed by atoms with E-state index in [0.29, 0.717) is 10.8 Å². The summed E-state index contributed by atoms with van der Waals surface area (Å²) in [7, 11) is 0. The van der Waals surface area contributed by atoms with E-state index in [9.17, 15) is 30.6 Å². The first-order valence-corrected chi connectivity index (χ1v) is 7.35. The summed E-state index contributed by atoms with van der Waals surface area (Å²) in [6.45, 7) is -0.577. The molecule has 0 aromatic heterocycles. The fraction of sp³-hybridized carbons (Fsp3) is 0.375. The molecule has 6 N–H and O–H groups in total. The zero-order chi connectivity index (χ0) is 17.4. The molecule has 2 aromatic carbocycles. The minimum atomic E-state index is -1.57. The van der Waals surface area contributed by atoms with Gasteiger partial charge in [-0.2, -0.15) is 0 Å². The second-order valence-corrected chi connectivity index (χ2v) is 5.60. The first kappa shape index (κ1) is 16.7. The zero-order valence-electron chi connectivity index (χ0n) is 12.5. The Labute approximate surface area is 136 Å². The Kier molecular flexibility index (Phi) is 4.48. The first-order valence-electron chi connectivity index (χ1n) is 7.35. The summed E-state index contributed by atoms with van der Waals surface area (Å²) in [6.07, 6.45) is -7.12. The van der Waals surface area contributed by atoms with Crippen LogP contribution in [0.25, 0.3) is 10.8 Å². The number of aliphatic hydroxyl groups is 4. The van der Waals surface area contributed by atoms with Crippen molar-refractivity contribution in [3.63, 3.8) is 0 Å². The van der Waals surface area contributed by atoms with Gasteiger partial charge in [-0.1, -0.05) is 24.3 Å². The van der Waals surface area contributed by atoms with Crippen molar-refractivity contribution in [3.8, 4) is 17.2 Å². The minimum Gasteiger partial charge on any atom is -0.504 e. The maximum atomic E-state index is 10.0. The number of fused-ring (bicyclic) bond motifs is 1. The van der Waals surface area contributed by atoms with Gasteiger partial charge in [0.2, 0.25) is 6.29 Å². The zero-order valence-corrected chi connectivity index (χ0v) is 12.5. The quantitative estimate of drug-likeness (QED) is 0.409. The van der Waals surface area contributed by atoms with E-state index in [-0.39, 0.29) is 11.5 Å². The molecule has 0 saturated carbocycles. The van der Waals surface area contributed by atoms with Gasteiger partial charge in [-0.3, -0.25) is 0 Å². The Morgan fingerprint density at radius 2 is 1.62 bits per heavy atom. The molecule has 1 fully saturated rings. The van der Waals surface area contributed by atoms with Crippen LogP contribution in [0.4, 0.5) is 0 Å². The maximum Gasteiger partial charge on any atom is 0.229 e. The lowest BCUT2D eigenvalue weighted by Crippen LogP contribution is -2.60. The molecule has 8 heteroatoms. The average molecular weight is 338 g/mol. The number of ether oxygens (including phenoxy) is 2. The van der Waals surface area contributed by atoms with E-state index in [4.69, 9.17) is 9.47 Å². The number of aromatic hydroxyl groups is 2. The SMILES string of the molecule is OC[C@H]1OC(Oc2cc(O)c(O)c3ccccc23)[C@H](O)[C@@H](O)[C@@H]1O. The van der Waals surface area contributed by atoms with Crippen molar-refractivity contribution in [1.29, 1.82) is 0 Å². The molecule has 0 bridgehead atoms. The second-order valence-electron chi connectivity index (χ2n) is 5.60. The fourth-order valence-electron chi connectivity index (χ4n) is 2.70. The van der Waals surface area contributed by atoms with Crippen LogP contribution < -0.4 is 4.74 Å². The summed E-state index contributed by atoms with van der Waals surface area (Å²) in [5, 5.41) is 59.3. The van der Waals surface area contributed by atoms with Crippen LogP contribution in [0.15, 0.2) is 30.3 Å². The van der Waals surface area contributed by atoms with Crippen LogP contribution in [0.5, 0.6) is 17.2 Å². The van der Waals surface area contributed by atoms with Crippen molar-refractivity contribution >= 4 is 10.8 Å². The predicted octanol–water partition coefficient (Wildman–Crippen LogP) is -0.570. The van der Waals surface area contributed by atoms with E-state index in [1.54, 1.807) is 24.3 Å². The number of phenolic OH excluding ortho intramolecular Hbond substituents is 2. The maximum absolute atomic E-state index is 10.0. The predicted molar refractivity (Wildman–Crippen MR) is 81.7 cm³/mol. The summed E-state index contributed by atoms with van der Waals surface area (Å²) in [5.74, 6) is -0.634. The van der Waals surface area contributed by atoms with Crippen LogP contribution in [-0.2, 0) is 4.74 Å². The molecule has 5 atom stereocenters. The molecule has 24 heavy (non-hydrogen) atoms. The number of rotatable bonds is 3. The summed E-state index contributed by atoms with van der Waals surface area (Å²) < 4.78 is 10.8. The molecule has 2 aromatic rings. The molecule has 0 spiro atoms. The van der Waals surface area contributed by atoms with Gasteiger partial charge in [-0.05, 0) is 0 Å². The second kappa shape index (κ2) is 6.42. The molecule has 0 radical (unpaired) electrons. The van der Waals surface area contributed by atoms with Crippen molar-refractivity contribution in [2.45, 2.75) is 30.7 Å². The van der Waals surface area contributed by atoms with E-state index in [1.807, 2.05) is 0 Å². The lowest BCUT2D eigenvalue weighted by Gasteiger charge is -2.39. The number of aliphatic hydroxyl groups excluding tert-OH is 4. The van der Waals surface area contributed by atoms with Crippen LogP contribution in [-0.4, -0.2) is 68.0 Å². The van der Waals surface area contributed by atoms with Gasteiger partial charge in [0, 0.05) is 16.8 Å². The third-order valence-electron chi connectivity index (χ3n) is 4.05. The Bertz CT molecular complexity index is 731. The molecule has 1 aliphatic heterocycles. The highest BCUT2D eigenvalue weighted by molar-refractivity contribution is 5.95. The van der Waals surface area contributed by atoms with Crippen molar-refractivity contribution < 1.29 is 40.1 Å². The van der Waals surface area contributed by atoms with Crippen LogP contribution in [0.2, 0.25) is 0 Å². The lowest BCUT2D eigenvalue weighted by atomic mass is 9.99. The van der Waals surface area contributed by atoms with E-state index in [0.717, 1.165) is 6.07 Å². The largest absolute Gasteiger partial charge is 0.504 e. The Morgan fingerprint density at radius 1 is 0.958 bits per heavy atom. The Morgan fingerprint density at radius 3 is 2.29 bits per heavy atom. The molecular weight excluding hydrogens is 320 g/mol. The van der Waals surface area contributed by atoms with Gasteiger partial charge >= 0.3 is 0 Å². The van der Waals surface area contributed by atoms with Crippen molar-refractivity contribution in [1.82, 2.24) is 0 Å². The van der Waals surface area contributed by atoms with Gasteiger partial charge in [0.05, 0.1) is 6.61 Å². The fourth-order valence-corrected chi connectivity index (χ4v) is 2.70. The molecule has 1 heterocycles. The summed E-state index contributed by atoms with van der Waals surface area (Å²) >= 11 is 0. The van der Waals surface area contributed by atoms with Gasteiger partial charge in [0.25, 0.3) is 0 Å². The summed E-state index contributed by atoms with van der Waals surface area (Å²) in [6, 6.07) is 7.72. The summed E-state index contributed by atoms with van der Waals surface area (Å²) in [5.41, 5.74) is 0. The number of hydrogen-bond donors (Lipinski definition) is 6. The standard InChI is InChI=1S/C16H18O8/c17-6-11-13(20)14(21)15(22)16(24-11)23-10-5-9(18)12(19)8-4-2-1-3-7(8)10/h1-5,11,13-22H,6H2/t11-,13-,14+,15-,16?/m1/s1. The Hall–Kier alpha value is -2.10. The van der Waals surface area contributed by atoms with Gasteiger partial charge in [0.15, 0.2) is 11.5 Å². The number of phenols is 2. The minimum absolute atomic E-state index is 0.102. The summed E-state index contributed by atoms with van der Waals surface area (Å²) in [4.78, 5) is 0. The number of benzene rings is 2. The van der Waals surface area contributed by atoms with Gasteiger partial charge < -0.3 is 40.1 Å². The van der Waals surface area contributed by atoms with Crippen LogP contribution in [0, 0.1) is 0 Å². The average Bonchev–Trinajstić information content (AvgIpc) is 2.59. The highest BCUT2D eigenvalue weighted by Gasteiger charge is 2.44. The van der Waals surface area contributed by atoms with Crippen molar-refractivity contribution in [2.75, 3.05) is 6.61 Å². The van der Waals surface area contributed by atoms with Gasteiger partial charge in [-0.25, -0.2) is 0 Å². The van der Waals surface area contributed by atoms with Gasteiger partial charge in [-0.15, -0.1) is 0 Å². The van der Waals surface area contributed by atoms with E-state index >= 15 is 0 Å². The first-order chi connectivity index (χ1) is 11.4.